The second-order valence-electron chi connectivity index (χ2n) is 6.48. The van der Waals surface area contributed by atoms with Gasteiger partial charge in [-0.25, -0.2) is 0 Å². The summed E-state index contributed by atoms with van der Waals surface area (Å²) in [6.45, 7) is 3.40. The number of carbonyl (C=O) groups is 3. The van der Waals surface area contributed by atoms with Crippen LogP contribution in [0.1, 0.15) is 25.3 Å². The van der Waals surface area contributed by atoms with Crippen molar-refractivity contribution in [2.75, 3.05) is 10.6 Å². The molecule has 0 saturated carbocycles. The third kappa shape index (κ3) is 6.89. The Kier molecular flexibility index (Phi) is 7.93. The van der Waals surface area contributed by atoms with Crippen LogP contribution in [0.2, 0.25) is 0 Å². The molecule has 0 bridgehead atoms. The van der Waals surface area contributed by atoms with Gasteiger partial charge in [-0.15, -0.1) is 11.8 Å². The average Bonchev–Trinajstić information content (AvgIpc) is 2.68. The van der Waals surface area contributed by atoms with Crippen LogP contribution in [0.3, 0.4) is 0 Å². The van der Waals surface area contributed by atoms with Gasteiger partial charge < -0.3 is 15.7 Å². The summed E-state index contributed by atoms with van der Waals surface area (Å²) in [6, 6.07) is 11.1. The molecule has 0 fully saturated rings. The van der Waals surface area contributed by atoms with E-state index in [2.05, 4.69) is 10.6 Å². The van der Waals surface area contributed by atoms with Crippen molar-refractivity contribution in [1.29, 1.82) is 0 Å². The molecule has 0 aliphatic heterocycles. The smallest absolute Gasteiger partial charge is 0.303 e. The van der Waals surface area contributed by atoms with Crippen molar-refractivity contribution >= 4 is 46.6 Å². The molecule has 1 atom stereocenters. The van der Waals surface area contributed by atoms with Crippen LogP contribution in [0.4, 0.5) is 17.1 Å². The van der Waals surface area contributed by atoms with E-state index in [-0.39, 0.29) is 24.4 Å². The first-order valence-corrected chi connectivity index (χ1v) is 9.88. The Hall–Kier alpha value is -3.40. The van der Waals surface area contributed by atoms with Crippen molar-refractivity contribution in [2.24, 2.45) is 0 Å². The zero-order chi connectivity index (χ0) is 22.3. The van der Waals surface area contributed by atoms with Gasteiger partial charge in [0.25, 0.3) is 5.69 Å². The molecular weight excluding hydrogens is 410 g/mol. The maximum Gasteiger partial charge on any atom is 0.303 e. The number of carboxylic acids is 1. The van der Waals surface area contributed by atoms with Gasteiger partial charge in [-0.2, -0.15) is 0 Å². The van der Waals surface area contributed by atoms with Gasteiger partial charge in [-0.3, -0.25) is 24.5 Å². The van der Waals surface area contributed by atoms with Crippen LogP contribution < -0.4 is 10.6 Å². The lowest BCUT2D eigenvalue weighted by Crippen LogP contribution is -2.22. The molecule has 3 N–H and O–H groups in total. The molecule has 0 aliphatic carbocycles. The van der Waals surface area contributed by atoms with Crippen LogP contribution >= 0.6 is 11.8 Å². The van der Waals surface area contributed by atoms with Crippen LogP contribution in [0.5, 0.6) is 0 Å². The summed E-state index contributed by atoms with van der Waals surface area (Å²) in [5, 5.41) is 24.4. The fourth-order valence-electron chi connectivity index (χ4n) is 2.48. The highest BCUT2D eigenvalue weighted by Crippen LogP contribution is 2.28. The number of nitrogens with one attached hydrogen (secondary N) is 2. The maximum absolute atomic E-state index is 12.5. The maximum atomic E-state index is 12.5. The predicted octanol–water partition coefficient (Wildman–Crippen LogP) is 3.83. The number of rotatable bonds is 9. The Morgan fingerprint density at radius 3 is 2.50 bits per heavy atom. The standard InChI is InChI=1S/C20H21N3O6S/c1-12-10-15(23(28)29)6-7-17(12)22-20(27)13(2)30-16-5-3-4-14(11-16)21-18(24)8-9-19(25)26/h3-7,10-11,13H,8-9H2,1-2H3,(H,21,24)(H,22,27)(H,25,26). The Morgan fingerprint density at radius 1 is 1.13 bits per heavy atom. The molecule has 0 aromatic heterocycles. The molecule has 10 heteroatoms. The molecule has 0 aliphatic rings. The number of nitro groups is 1. The van der Waals surface area contributed by atoms with Crippen molar-refractivity contribution in [2.45, 2.75) is 36.8 Å². The number of aryl methyl sites for hydroxylation is 1. The van der Waals surface area contributed by atoms with Gasteiger partial charge >= 0.3 is 5.97 Å². The number of carbonyl (C=O) groups excluding carboxylic acids is 2. The quantitative estimate of drug-likeness (QED) is 0.311. The molecule has 0 saturated heterocycles. The molecule has 2 aromatic rings. The van der Waals surface area contributed by atoms with Gasteiger partial charge in [0.1, 0.15) is 0 Å². The highest BCUT2D eigenvalue weighted by molar-refractivity contribution is 8.00. The third-order valence-corrected chi connectivity index (χ3v) is 5.14. The van der Waals surface area contributed by atoms with E-state index in [1.807, 2.05) is 0 Å². The van der Waals surface area contributed by atoms with Gasteiger partial charge in [0.2, 0.25) is 11.8 Å². The summed E-state index contributed by atoms with van der Waals surface area (Å²) in [5.74, 6) is -1.72. The monoisotopic (exact) mass is 431 g/mol. The van der Waals surface area contributed by atoms with Crippen molar-refractivity contribution in [3.05, 3.63) is 58.1 Å². The normalized spacial score (nSPS) is 11.4. The molecule has 2 aromatic carbocycles. The van der Waals surface area contributed by atoms with Crippen LogP contribution in [0, 0.1) is 17.0 Å². The van der Waals surface area contributed by atoms with Gasteiger partial charge in [0.05, 0.1) is 16.6 Å². The zero-order valence-corrected chi connectivity index (χ0v) is 17.2. The Labute approximate surface area is 177 Å². The first-order valence-electron chi connectivity index (χ1n) is 9.00. The van der Waals surface area contributed by atoms with Gasteiger partial charge in [0.15, 0.2) is 0 Å². The molecule has 2 amide bonds. The van der Waals surface area contributed by atoms with E-state index < -0.39 is 22.0 Å². The highest BCUT2D eigenvalue weighted by Gasteiger charge is 2.17. The number of thioether (sulfide) groups is 1. The van der Waals surface area contributed by atoms with E-state index in [1.54, 1.807) is 38.1 Å². The molecular formula is C20H21N3O6S. The number of non-ortho nitro benzene ring substituents is 1. The van der Waals surface area contributed by atoms with Crippen molar-refractivity contribution in [3.63, 3.8) is 0 Å². The number of amides is 2. The van der Waals surface area contributed by atoms with Crippen LogP contribution in [-0.4, -0.2) is 33.1 Å². The molecule has 2 rings (SSSR count). The SMILES string of the molecule is Cc1cc([N+](=O)[O-])ccc1NC(=O)C(C)Sc1cccc(NC(=O)CCC(=O)O)c1. The number of nitrogens with zero attached hydrogens (tertiary/aromatic N) is 1. The van der Waals surface area contributed by atoms with Gasteiger partial charge in [0, 0.05) is 34.8 Å². The number of anilines is 2. The molecule has 30 heavy (non-hydrogen) atoms. The summed E-state index contributed by atoms with van der Waals surface area (Å²) in [6.07, 6.45) is -0.375. The van der Waals surface area contributed by atoms with Gasteiger partial charge in [-0.1, -0.05) is 6.07 Å². The fourth-order valence-corrected chi connectivity index (χ4v) is 3.41. The Bertz CT molecular complexity index is 979. The molecule has 0 heterocycles. The Morgan fingerprint density at radius 2 is 1.87 bits per heavy atom. The largest absolute Gasteiger partial charge is 0.481 e. The molecule has 1 unspecified atom stereocenters. The van der Waals surface area contributed by atoms with Crippen LogP contribution in [0.15, 0.2) is 47.4 Å². The van der Waals surface area contributed by atoms with E-state index >= 15 is 0 Å². The summed E-state index contributed by atoms with van der Waals surface area (Å²) >= 11 is 1.28. The molecule has 0 radical (unpaired) electrons. The zero-order valence-electron chi connectivity index (χ0n) is 16.4. The fraction of sp³-hybridized carbons (Fsp3) is 0.250. The number of hydrogen-bond donors (Lipinski definition) is 3. The molecule has 0 spiro atoms. The van der Waals surface area contributed by atoms with Crippen molar-refractivity contribution in [3.8, 4) is 0 Å². The summed E-state index contributed by atoms with van der Waals surface area (Å²) < 4.78 is 0. The van der Waals surface area contributed by atoms with Crippen LogP contribution in [0.25, 0.3) is 0 Å². The summed E-state index contributed by atoms with van der Waals surface area (Å²) in [4.78, 5) is 45.9. The lowest BCUT2D eigenvalue weighted by molar-refractivity contribution is -0.384. The number of nitro benzene ring substituents is 1. The second-order valence-corrected chi connectivity index (χ2v) is 7.89. The number of hydrogen-bond acceptors (Lipinski definition) is 6. The molecule has 9 nitrogen and oxygen atoms in total. The van der Waals surface area contributed by atoms with E-state index in [4.69, 9.17) is 5.11 Å². The van der Waals surface area contributed by atoms with Crippen LogP contribution in [-0.2, 0) is 14.4 Å². The lowest BCUT2D eigenvalue weighted by Gasteiger charge is -2.14. The highest BCUT2D eigenvalue weighted by atomic mass is 32.2. The average molecular weight is 431 g/mol. The lowest BCUT2D eigenvalue weighted by atomic mass is 10.2. The van der Waals surface area contributed by atoms with E-state index in [0.717, 1.165) is 4.90 Å². The summed E-state index contributed by atoms with van der Waals surface area (Å²) in [5.41, 5.74) is 1.54. The number of benzene rings is 2. The van der Waals surface area contributed by atoms with Crippen molar-refractivity contribution in [1.82, 2.24) is 0 Å². The Balaban J connectivity index is 1.97. The third-order valence-electron chi connectivity index (χ3n) is 4.04. The minimum atomic E-state index is -1.04. The first kappa shape index (κ1) is 22.9. The van der Waals surface area contributed by atoms with Gasteiger partial charge in [-0.05, 0) is 43.7 Å². The topological polar surface area (TPSA) is 139 Å². The number of aliphatic carboxylic acids is 1. The number of carboxylic acid groups (broad SMARTS) is 1. The van der Waals surface area contributed by atoms with E-state index in [0.29, 0.717) is 16.9 Å². The molecule has 158 valence electrons. The minimum absolute atomic E-state index is 0.0462. The van der Waals surface area contributed by atoms with E-state index in [1.165, 1.54) is 30.0 Å². The van der Waals surface area contributed by atoms with Crippen molar-refractivity contribution < 1.29 is 24.4 Å². The second kappa shape index (κ2) is 10.4. The predicted molar refractivity (Wildman–Crippen MR) is 114 cm³/mol. The first-order chi connectivity index (χ1) is 14.2. The summed E-state index contributed by atoms with van der Waals surface area (Å²) in [7, 11) is 0. The van der Waals surface area contributed by atoms with E-state index in [9.17, 15) is 24.5 Å². The minimum Gasteiger partial charge on any atom is -0.481 e.